The van der Waals surface area contributed by atoms with Crippen molar-refractivity contribution in [2.24, 2.45) is 0 Å². The van der Waals surface area contributed by atoms with Crippen molar-refractivity contribution in [1.29, 1.82) is 5.26 Å². The fourth-order valence-corrected chi connectivity index (χ4v) is 2.22. The van der Waals surface area contributed by atoms with Gasteiger partial charge in [0.15, 0.2) is 5.54 Å². The predicted octanol–water partition coefficient (Wildman–Crippen LogP) is 4.58. The Kier molecular flexibility index (Phi) is 4.05. The van der Waals surface area contributed by atoms with Crippen LogP contribution in [0.1, 0.15) is 12.5 Å². The third-order valence-corrected chi connectivity index (χ3v) is 3.45. The van der Waals surface area contributed by atoms with Crippen molar-refractivity contribution in [2.75, 3.05) is 5.32 Å². The quantitative estimate of drug-likeness (QED) is 0.890. The van der Waals surface area contributed by atoms with Crippen molar-refractivity contribution in [3.05, 3.63) is 64.1 Å². The summed E-state index contributed by atoms with van der Waals surface area (Å²) < 4.78 is 28.3. The Balaban J connectivity index is 2.44. The van der Waals surface area contributed by atoms with E-state index in [0.717, 1.165) is 0 Å². The van der Waals surface area contributed by atoms with E-state index in [1.165, 1.54) is 31.2 Å². The van der Waals surface area contributed by atoms with Gasteiger partial charge in [0, 0.05) is 10.0 Å². The van der Waals surface area contributed by atoms with Crippen molar-refractivity contribution in [3.63, 3.8) is 0 Å². The molecule has 0 saturated carbocycles. The molecular formula is C15H11BrF2N2. The smallest absolute Gasteiger partial charge is 0.151 e. The summed E-state index contributed by atoms with van der Waals surface area (Å²) in [7, 11) is 0. The summed E-state index contributed by atoms with van der Waals surface area (Å²) in [6.07, 6.45) is 0. The number of halogens is 3. The topological polar surface area (TPSA) is 35.8 Å². The van der Waals surface area contributed by atoms with E-state index in [0.29, 0.717) is 4.47 Å². The highest BCUT2D eigenvalue weighted by molar-refractivity contribution is 9.10. The molecule has 0 aromatic heterocycles. The third-order valence-electron chi connectivity index (χ3n) is 2.95. The van der Waals surface area contributed by atoms with Crippen LogP contribution in [0.25, 0.3) is 0 Å². The fraction of sp³-hybridized carbons (Fsp3) is 0.133. The van der Waals surface area contributed by atoms with Gasteiger partial charge in [0.2, 0.25) is 0 Å². The van der Waals surface area contributed by atoms with Gasteiger partial charge in [-0.3, -0.25) is 0 Å². The van der Waals surface area contributed by atoms with E-state index < -0.39 is 17.2 Å². The monoisotopic (exact) mass is 336 g/mol. The predicted molar refractivity (Wildman–Crippen MR) is 77.1 cm³/mol. The number of anilines is 1. The van der Waals surface area contributed by atoms with E-state index in [1.54, 1.807) is 18.2 Å². The molecule has 0 spiro atoms. The maximum Gasteiger partial charge on any atom is 0.151 e. The van der Waals surface area contributed by atoms with E-state index in [9.17, 15) is 14.0 Å². The Bertz CT molecular complexity index is 682. The number of nitrogens with one attached hydrogen (secondary N) is 1. The first kappa shape index (κ1) is 14.5. The van der Waals surface area contributed by atoms with Crippen molar-refractivity contribution in [1.82, 2.24) is 0 Å². The standard InChI is InChI=1S/C15H11BrF2N2/c1-15(9-19,11-7-6-10(16)8-13(11)18)20-14-5-3-2-4-12(14)17/h2-8,20H,1H3. The molecule has 0 aliphatic carbocycles. The molecule has 2 aromatic rings. The molecule has 0 bridgehead atoms. The summed E-state index contributed by atoms with van der Waals surface area (Å²) in [5.41, 5.74) is -1.06. The van der Waals surface area contributed by atoms with Gasteiger partial charge in [0.25, 0.3) is 0 Å². The van der Waals surface area contributed by atoms with E-state index >= 15 is 0 Å². The first-order valence-electron chi connectivity index (χ1n) is 5.86. The number of nitrogens with zero attached hydrogens (tertiary/aromatic N) is 1. The molecule has 2 nitrogen and oxygen atoms in total. The SMILES string of the molecule is CC(C#N)(Nc1ccccc1F)c1ccc(Br)cc1F. The Hall–Kier alpha value is -1.93. The highest BCUT2D eigenvalue weighted by Crippen LogP contribution is 2.30. The molecule has 1 unspecified atom stereocenters. The lowest BCUT2D eigenvalue weighted by Gasteiger charge is -2.25. The van der Waals surface area contributed by atoms with Crippen LogP contribution in [-0.4, -0.2) is 0 Å². The summed E-state index contributed by atoms with van der Waals surface area (Å²) in [5, 5.41) is 12.1. The van der Waals surface area contributed by atoms with E-state index in [1.807, 2.05) is 6.07 Å². The van der Waals surface area contributed by atoms with Crippen molar-refractivity contribution >= 4 is 21.6 Å². The van der Waals surface area contributed by atoms with Gasteiger partial charge >= 0.3 is 0 Å². The van der Waals surface area contributed by atoms with E-state index in [4.69, 9.17) is 0 Å². The average Bonchev–Trinajstić information content (AvgIpc) is 2.41. The molecule has 1 N–H and O–H groups in total. The maximum absolute atomic E-state index is 14.0. The van der Waals surface area contributed by atoms with Gasteiger partial charge in [-0.1, -0.05) is 34.1 Å². The zero-order valence-corrected chi connectivity index (χ0v) is 12.2. The molecule has 2 aromatic carbocycles. The Morgan fingerprint density at radius 2 is 1.85 bits per heavy atom. The van der Waals surface area contributed by atoms with Gasteiger partial charge in [-0.05, 0) is 31.2 Å². The lowest BCUT2D eigenvalue weighted by molar-refractivity contribution is 0.564. The second-order valence-electron chi connectivity index (χ2n) is 4.47. The molecule has 0 fully saturated rings. The van der Waals surface area contributed by atoms with Gasteiger partial charge < -0.3 is 5.32 Å². The van der Waals surface area contributed by atoms with Crippen molar-refractivity contribution in [3.8, 4) is 6.07 Å². The number of para-hydroxylation sites is 1. The summed E-state index contributed by atoms with van der Waals surface area (Å²) in [5.74, 6) is -1.03. The summed E-state index contributed by atoms with van der Waals surface area (Å²) in [6, 6.07) is 12.4. The van der Waals surface area contributed by atoms with Crippen LogP contribution in [0.3, 0.4) is 0 Å². The first-order chi connectivity index (χ1) is 9.46. The number of nitriles is 1. The van der Waals surface area contributed by atoms with E-state index in [2.05, 4.69) is 21.2 Å². The van der Waals surface area contributed by atoms with Crippen molar-refractivity contribution in [2.45, 2.75) is 12.5 Å². The van der Waals surface area contributed by atoms with Crippen LogP contribution in [0.2, 0.25) is 0 Å². The lowest BCUT2D eigenvalue weighted by atomic mass is 9.92. The zero-order chi connectivity index (χ0) is 14.8. The molecule has 0 aliphatic heterocycles. The molecule has 0 amide bonds. The Morgan fingerprint density at radius 1 is 1.15 bits per heavy atom. The largest absolute Gasteiger partial charge is 0.361 e. The zero-order valence-electron chi connectivity index (χ0n) is 10.6. The second-order valence-corrected chi connectivity index (χ2v) is 5.38. The molecule has 0 radical (unpaired) electrons. The number of benzene rings is 2. The van der Waals surface area contributed by atoms with Gasteiger partial charge in [-0.15, -0.1) is 0 Å². The summed E-state index contributed by atoms with van der Waals surface area (Å²) >= 11 is 3.16. The van der Waals surface area contributed by atoms with Gasteiger partial charge in [0.05, 0.1) is 11.8 Å². The van der Waals surface area contributed by atoms with Crippen LogP contribution >= 0.6 is 15.9 Å². The highest BCUT2D eigenvalue weighted by atomic mass is 79.9. The minimum absolute atomic E-state index is 0.152. The lowest BCUT2D eigenvalue weighted by Crippen LogP contribution is -2.31. The first-order valence-corrected chi connectivity index (χ1v) is 6.65. The molecule has 20 heavy (non-hydrogen) atoms. The minimum atomic E-state index is -1.37. The van der Waals surface area contributed by atoms with Gasteiger partial charge in [-0.2, -0.15) is 5.26 Å². The third kappa shape index (κ3) is 2.81. The van der Waals surface area contributed by atoms with Crippen LogP contribution in [0.5, 0.6) is 0 Å². The fourth-order valence-electron chi connectivity index (χ4n) is 1.88. The summed E-state index contributed by atoms with van der Waals surface area (Å²) in [6.45, 7) is 1.51. The Morgan fingerprint density at radius 3 is 2.45 bits per heavy atom. The van der Waals surface area contributed by atoms with E-state index in [-0.39, 0.29) is 11.3 Å². The molecule has 0 heterocycles. The molecule has 0 aliphatic rings. The number of hydrogen-bond acceptors (Lipinski definition) is 2. The van der Waals surface area contributed by atoms with Crippen LogP contribution in [0, 0.1) is 23.0 Å². The van der Waals surface area contributed by atoms with Crippen LogP contribution in [0.4, 0.5) is 14.5 Å². The van der Waals surface area contributed by atoms with Crippen LogP contribution < -0.4 is 5.32 Å². The average molecular weight is 337 g/mol. The molecule has 1 atom stereocenters. The van der Waals surface area contributed by atoms with Crippen LogP contribution in [-0.2, 0) is 5.54 Å². The molecular weight excluding hydrogens is 326 g/mol. The number of rotatable bonds is 3. The molecule has 5 heteroatoms. The van der Waals surface area contributed by atoms with Gasteiger partial charge in [0.1, 0.15) is 11.6 Å². The summed E-state index contributed by atoms with van der Waals surface area (Å²) in [4.78, 5) is 0. The molecule has 0 saturated heterocycles. The van der Waals surface area contributed by atoms with Crippen LogP contribution in [0.15, 0.2) is 46.9 Å². The van der Waals surface area contributed by atoms with Gasteiger partial charge in [-0.25, -0.2) is 8.78 Å². The Labute approximate surface area is 124 Å². The van der Waals surface area contributed by atoms with Crippen molar-refractivity contribution < 1.29 is 8.78 Å². The minimum Gasteiger partial charge on any atom is -0.361 e. The maximum atomic E-state index is 14.0. The number of hydrogen-bond donors (Lipinski definition) is 1. The molecule has 2 rings (SSSR count). The normalized spacial score (nSPS) is 13.3. The second kappa shape index (κ2) is 5.59. The highest BCUT2D eigenvalue weighted by Gasteiger charge is 2.30. The molecule has 102 valence electrons.